The van der Waals surface area contributed by atoms with Crippen molar-refractivity contribution in [2.75, 3.05) is 19.5 Å². The van der Waals surface area contributed by atoms with Crippen LogP contribution in [-0.4, -0.2) is 25.0 Å². The number of halogens is 1. The number of carbonyl (C=O) groups excluding carboxylic acids is 1. The molecule has 0 aliphatic heterocycles. The molecule has 6 heteroatoms. The van der Waals surface area contributed by atoms with Crippen LogP contribution in [0.25, 0.3) is 27.9 Å². The SMILES string of the molecule is COc1ccc(C=CC(=O)c2cccc(Nc3c4ccc(Cl)cc4nc4ccc(OC)cc34)c2)cc1. The number of hydrogen-bond donors (Lipinski definition) is 1. The van der Waals surface area contributed by atoms with Gasteiger partial charge in [-0.25, -0.2) is 4.98 Å². The van der Waals surface area contributed by atoms with Crippen molar-refractivity contribution in [2.24, 2.45) is 0 Å². The van der Waals surface area contributed by atoms with Crippen LogP contribution in [0.3, 0.4) is 0 Å². The lowest BCUT2D eigenvalue weighted by Crippen LogP contribution is -1.99. The number of anilines is 2. The molecule has 1 aromatic heterocycles. The molecule has 0 amide bonds. The van der Waals surface area contributed by atoms with Crippen molar-refractivity contribution < 1.29 is 14.3 Å². The second-order valence-electron chi connectivity index (χ2n) is 8.21. The fourth-order valence-corrected chi connectivity index (χ4v) is 4.20. The summed E-state index contributed by atoms with van der Waals surface area (Å²) in [6.07, 6.45) is 3.37. The molecule has 0 saturated carbocycles. The molecule has 1 N–H and O–H groups in total. The highest BCUT2D eigenvalue weighted by Gasteiger charge is 2.12. The number of methoxy groups -OCH3 is 2. The summed E-state index contributed by atoms with van der Waals surface area (Å²) in [4.78, 5) is 17.7. The molecule has 0 aliphatic carbocycles. The molecule has 0 unspecified atom stereocenters. The lowest BCUT2D eigenvalue weighted by molar-refractivity contribution is 0.104. The molecule has 0 fully saturated rings. The van der Waals surface area contributed by atoms with E-state index in [1.165, 1.54) is 0 Å². The van der Waals surface area contributed by atoms with Crippen LogP contribution in [0.5, 0.6) is 11.5 Å². The molecule has 5 rings (SSSR count). The molecule has 0 atom stereocenters. The Hall–Kier alpha value is -4.35. The van der Waals surface area contributed by atoms with Gasteiger partial charge >= 0.3 is 0 Å². The molecular weight excluding hydrogens is 472 g/mol. The molecular formula is C30H23ClN2O3. The smallest absolute Gasteiger partial charge is 0.185 e. The number of allylic oxidation sites excluding steroid dienone is 1. The molecule has 178 valence electrons. The van der Waals surface area contributed by atoms with Gasteiger partial charge in [0.25, 0.3) is 0 Å². The van der Waals surface area contributed by atoms with E-state index in [4.69, 9.17) is 26.1 Å². The highest BCUT2D eigenvalue weighted by Crippen LogP contribution is 2.36. The molecule has 36 heavy (non-hydrogen) atoms. The highest BCUT2D eigenvalue weighted by atomic mass is 35.5. The summed E-state index contributed by atoms with van der Waals surface area (Å²) in [6.45, 7) is 0. The predicted octanol–water partition coefficient (Wildman–Crippen LogP) is 7.70. The first-order valence-electron chi connectivity index (χ1n) is 11.3. The number of carbonyl (C=O) groups is 1. The van der Waals surface area contributed by atoms with E-state index in [1.807, 2.05) is 78.9 Å². The summed E-state index contributed by atoms with van der Waals surface area (Å²) in [5, 5.41) is 5.95. The topological polar surface area (TPSA) is 60.5 Å². The van der Waals surface area contributed by atoms with E-state index in [9.17, 15) is 4.79 Å². The molecule has 5 nitrogen and oxygen atoms in total. The number of ketones is 1. The standard InChI is InChI=1S/C30H23ClN2O3/c1-35-23-10-6-19(7-11-23)8-15-29(34)20-4-3-5-22(16-20)32-30-25-13-9-21(31)17-28(25)33-27-14-12-24(36-2)18-26(27)30/h3-18H,1-2H3,(H,32,33). The number of nitrogens with zero attached hydrogens (tertiary/aromatic N) is 1. The van der Waals surface area contributed by atoms with Crippen molar-refractivity contribution in [3.8, 4) is 11.5 Å². The number of fused-ring (bicyclic) bond motifs is 2. The van der Waals surface area contributed by atoms with E-state index >= 15 is 0 Å². The number of hydrogen-bond acceptors (Lipinski definition) is 5. The van der Waals surface area contributed by atoms with Gasteiger partial charge in [-0.05, 0) is 72.3 Å². The van der Waals surface area contributed by atoms with Crippen molar-refractivity contribution in [2.45, 2.75) is 0 Å². The highest BCUT2D eigenvalue weighted by molar-refractivity contribution is 6.31. The summed E-state index contributed by atoms with van der Waals surface area (Å²) in [5.41, 5.74) is 4.73. The van der Waals surface area contributed by atoms with Crippen LogP contribution >= 0.6 is 11.6 Å². The van der Waals surface area contributed by atoms with Gasteiger partial charge < -0.3 is 14.8 Å². The molecule has 0 aliphatic rings. The van der Waals surface area contributed by atoms with E-state index in [2.05, 4.69) is 5.32 Å². The summed E-state index contributed by atoms with van der Waals surface area (Å²) in [6, 6.07) is 26.3. The van der Waals surface area contributed by atoms with Crippen LogP contribution in [0.4, 0.5) is 11.4 Å². The van der Waals surface area contributed by atoms with Gasteiger partial charge in [0.1, 0.15) is 11.5 Å². The van der Waals surface area contributed by atoms with Crippen LogP contribution in [0.15, 0.2) is 91.0 Å². The van der Waals surface area contributed by atoms with Gasteiger partial charge in [-0.1, -0.05) is 41.9 Å². The summed E-state index contributed by atoms with van der Waals surface area (Å²) in [7, 11) is 3.26. The molecule has 0 radical (unpaired) electrons. The number of benzene rings is 4. The Morgan fingerprint density at radius 1 is 0.833 bits per heavy atom. The Morgan fingerprint density at radius 3 is 2.39 bits per heavy atom. The average Bonchev–Trinajstić information content (AvgIpc) is 2.91. The third-order valence-electron chi connectivity index (χ3n) is 5.90. The van der Waals surface area contributed by atoms with Gasteiger partial charge in [-0.2, -0.15) is 0 Å². The van der Waals surface area contributed by atoms with Crippen molar-refractivity contribution in [3.63, 3.8) is 0 Å². The van der Waals surface area contributed by atoms with Crippen LogP contribution in [0.2, 0.25) is 5.02 Å². The zero-order chi connectivity index (χ0) is 25.1. The second-order valence-corrected chi connectivity index (χ2v) is 8.64. The van der Waals surface area contributed by atoms with E-state index in [1.54, 1.807) is 32.4 Å². The largest absolute Gasteiger partial charge is 0.497 e. The minimum absolute atomic E-state index is 0.0904. The zero-order valence-electron chi connectivity index (χ0n) is 19.8. The van der Waals surface area contributed by atoms with Gasteiger partial charge in [0.05, 0.1) is 30.9 Å². The predicted molar refractivity (Wildman–Crippen MR) is 147 cm³/mol. The number of pyridine rings is 1. The maximum absolute atomic E-state index is 12.9. The molecule has 5 aromatic rings. The van der Waals surface area contributed by atoms with Crippen LogP contribution in [0, 0.1) is 0 Å². The Labute approximate surface area is 214 Å². The van der Waals surface area contributed by atoms with E-state index in [0.717, 1.165) is 50.2 Å². The van der Waals surface area contributed by atoms with Gasteiger partial charge in [0, 0.05) is 27.0 Å². The summed E-state index contributed by atoms with van der Waals surface area (Å²) in [5.74, 6) is 1.41. The first kappa shape index (κ1) is 23.4. The maximum Gasteiger partial charge on any atom is 0.185 e. The first-order valence-corrected chi connectivity index (χ1v) is 11.7. The molecule has 0 saturated heterocycles. The van der Waals surface area contributed by atoms with Gasteiger partial charge in [-0.3, -0.25) is 4.79 Å². The van der Waals surface area contributed by atoms with Crippen molar-refractivity contribution in [1.82, 2.24) is 4.98 Å². The average molecular weight is 495 g/mol. The van der Waals surface area contributed by atoms with E-state index in [-0.39, 0.29) is 5.78 Å². The van der Waals surface area contributed by atoms with Crippen molar-refractivity contribution in [1.29, 1.82) is 0 Å². The fraction of sp³-hybridized carbons (Fsp3) is 0.0667. The number of ether oxygens (including phenoxy) is 2. The number of nitrogens with one attached hydrogen (secondary N) is 1. The van der Waals surface area contributed by atoms with Gasteiger partial charge in [0.15, 0.2) is 5.78 Å². The molecule has 0 bridgehead atoms. The van der Waals surface area contributed by atoms with Crippen molar-refractivity contribution in [3.05, 3.63) is 107 Å². The van der Waals surface area contributed by atoms with Crippen LogP contribution < -0.4 is 14.8 Å². The Morgan fingerprint density at radius 2 is 1.61 bits per heavy atom. The maximum atomic E-state index is 12.9. The lowest BCUT2D eigenvalue weighted by atomic mass is 10.1. The van der Waals surface area contributed by atoms with E-state index < -0.39 is 0 Å². The number of aromatic nitrogens is 1. The fourth-order valence-electron chi connectivity index (χ4n) is 4.04. The van der Waals surface area contributed by atoms with Crippen LogP contribution in [0.1, 0.15) is 15.9 Å². The van der Waals surface area contributed by atoms with Crippen LogP contribution in [-0.2, 0) is 0 Å². The third kappa shape index (κ3) is 4.88. The van der Waals surface area contributed by atoms with Gasteiger partial charge in [-0.15, -0.1) is 0 Å². The summed E-state index contributed by atoms with van der Waals surface area (Å²) >= 11 is 6.24. The minimum atomic E-state index is -0.0904. The Bertz CT molecular complexity index is 1610. The first-order chi connectivity index (χ1) is 17.5. The molecule has 0 spiro atoms. The number of rotatable bonds is 7. The zero-order valence-corrected chi connectivity index (χ0v) is 20.5. The Kier molecular flexibility index (Phi) is 6.56. The Balaban J connectivity index is 1.50. The molecule has 4 aromatic carbocycles. The minimum Gasteiger partial charge on any atom is -0.497 e. The van der Waals surface area contributed by atoms with E-state index in [0.29, 0.717) is 10.6 Å². The normalized spacial score (nSPS) is 11.2. The van der Waals surface area contributed by atoms with Crippen molar-refractivity contribution >= 4 is 56.6 Å². The second kappa shape index (κ2) is 10.1. The quantitative estimate of drug-likeness (QED) is 0.143. The summed E-state index contributed by atoms with van der Waals surface area (Å²) < 4.78 is 10.6. The lowest BCUT2D eigenvalue weighted by Gasteiger charge is -2.15. The monoisotopic (exact) mass is 494 g/mol. The van der Waals surface area contributed by atoms with Gasteiger partial charge in [0.2, 0.25) is 0 Å². The molecule has 1 heterocycles. The third-order valence-corrected chi connectivity index (χ3v) is 6.14.